The number of piperidine rings is 1. The van der Waals surface area contributed by atoms with Crippen molar-refractivity contribution in [3.63, 3.8) is 0 Å². The third-order valence-corrected chi connectivity index (χ3v) is 3.72. The Balaban J connectivity index is 1.94. The lowest BCUT2D eigenvalue weighted by molar-refractivity contribution is -0.135. The summed E-state index contributed by atoms with van der Waals surface area (Å²) in [6, 6.07) is 3.57. The number of nitrogens with zero attached hydrogens (tertiary/aromatic N) is 2. The number of likely N-dealkylation sites (tertiary alicyclic amines) is 1. The highest BCUT2D eigenvalue weighted by Gasteiger charge is 2.28. The minimum Gasteiger partial charge on any atom is -0.397 e. The largest absolute Gasteiger partial charge is 0.397 e. The molecule has 1 aromatic rings. The molecule has 1 aliphatic heterocycles. The quantitative estimate of drug-likeness (QED) is 0.886. The minimum atomic E-state index is 0.103. The zero-order valence-electron chi connectivity index (χ0n) is 11.5. The van der Waals surface area contributed by atoms with Crippen LogP contribution in [-0.4, -0.2) is 42.1 Å². The van der Waals surface area contributed by atoms with E-state index in [9.17, 15) is 4.79 Å². The molecule has 1 aromatic heterocycles. The van der Waals surface area contributed by atoms with E-state index in [2.05, 4.69) is 11.9 Å². The van der Waals surface area contributed by atoms with E-state index >= 15 is 0 Å². The second-order valence-corrected chi connectivity index (χ2v) is 5.14. The Bertz CT molecular complexity index is 433. The summed E-state index contributed by atoms with van der Waals surface area (Å²) < 4.78 is 5.42. The Morgan fingerprint density at radius 1 is 1.58 bits per heavy atom. The molecule has 2 unspecified atom stereocenters. The number of rotatable bonds is 3. The molecule has 1 fully saturated rings. The van der Waals surface area contributed by atoms with Gasteiger partial charge in [-0.25, -0.2) is 0 Å². The average Bonchev–Trinajstić information content (AvgIpc) is 2.42. The smallest absolute Gasteiger partial charge is 0.228 e. The van der Waals surface area contributed by atoms with Crippen molar-refractivity contribution >= 4 is 11.6 Å². The van der Waals surface area contributed by atoms with Crippen molar-refractivity contribution in [2.75, 3.05) is 25.9 Å². The van der Waals surface area contributed by atoms with Gasteiger partial charge in [-0.2, -0.15) is 0 Å². The number of carbonyl (C=O) groups excluding carboxylic acids is 1. The van der Waals surface area contributed by atoms with Crippen LogP contribution < -0.4 is 5.73 Å². The number of hydrogen-bond acceptors (Lipinski definition) is 4. The summed E-state index contributed by atoms with van der Waals surface area (Å²) in [4.78, 5) is 18.3. The predicted octanol–water partition coefficient (Wildman–Crippen LogP) is 1.09. The number of methoxy groups -OCH3 is 1. The molecule has 0 aromatic carbocycles. The van der Waals surface area contributed by atoms with Crippen LogP contribution in [0.4, 0.5) is 5.69 Å². The lowest BCUT2D eigenvalue weighted by atomic mass is 9.95. The third kappa shape index (κ3) is 3.44. The van der Waals surface area contributed by atoms with Crippen LogP contribution in [0.5, 0.6) is 0 Å². The lowest BCUT2D eigenvalue weighted by Gasteiger charge is -2.36. The van der Waals surface area contributed by atoms with Gasteiger partial charge in [0.25, 0.3) is 0 Å². The summed E-state index contributed by atoms with van der Waals surface area (Å²) in [5, 5.41) is 0. The van der Waals surface area contributed by atoms with E-state index in [1.165, 1.54) is 0 Å². The molecule has 2 heterocycles. The molecule has 1 saturated heterocycles. The summed E-state index contributed by atoms with van der Waals surface area (Å²) in [7, 11) is 1.71. The molecule has 0 saturated carbocycles. The molecule has 5 heteroatoms. The monoisotopic (exact) mass is 263 g/mol. The molecule has 5 nitrogen and oxygen atoms in total. The van der Waals surface area contributed by atoms with E-state index in [0.29, 0.717) is 24.6 Å². The highest BCUT2D eigenvalue weighted by Crippen LogP contribution is 2.20. The van der Waals surface area contributed by atoms with E-state index in [4.69, 9.17) is 10.5 Å². The van der Waals surface area contributed by atoms with Crippen LogP contribution in [0.3, 0.4) is 0 Å². The van der Waals surface area contributed by atoms with Crippen molar-refractivity contribution in [2.24, 2.45) is 5.92 Å². The molecule has 2 atom stereocenters. The van der Waals surface area contributed by atoms with Gasteiger partial charge < -0.3 is 15.4 Å². The second kappa shape index (κ2) is 6.02. The molecule has 2 rings (SSSR count). The first kappa shape index (κ1) is 13.8. The lowest BCUT2D eigenvalue weighted by Crippen LogP contribution is -2.47. The Hall–Kier alpha value is -1.62. The fourth-order valence-corrected chi connectivity index (χ4v) is 2.37. The first-order valence-electron chi connectivity index (χ1n) is 6.61. The van der Waals surface area contributed by atoms with E-state index < -0.39 is 0 Å². The van der Waals surface area contributed by atoms with Gasteiger partial charge >= 0.3 is 0 Å². The van der Waals surface area contributed by atoms with Gasteiger partial charge in [0.1, 0.15) is 0 Å². The number of aromatic nitrogens is 1. The van der Waals surface area contributed by atoms with Crippen LogP contribution in [0.1, 0.15) is 19.0 Å². The molecule has 19 heavy (non-hydrogen) atoms. The number of nitrogen functional groups attached to an aromatic ring is 1. The fraction of sp³-hybridized carbons (Fsp3) is 0.571. The number of carbonyl (C=O) groups is 1. The summed E-state index contributed by atoms with van der Waals surface area (Å²) in [6.07, 6.45) is 3.03. The molecular weight excluding hydrogens is 242 g/mol. The van der Waals surface area contributed by atoms with E-state index in [-0.39, 0.29) is 12.0 Å². The maximum Gasteiger partial charge on any atom is 0.228 e. The van der Waals surface area contributed by atoms with Crippen LogP contribution in [0.2, 0.25) is 0 Å². The highest BCUT2D eigenvalue weighted by atomic mass is 16.5. The molecule has 1 amide bonds. The summed E-state index contributed by atoms with van der Waals surface area (Å²) in [6.45, 7) is 3.64. The number of amides is 1. The van der Waals surface area contributed by atoms with E-state index in [0.717, 1.165) is 18.7 Å². The van der Waals surface area contributed by atoms with E-state index in [1.807, 2.05) is 4.90 Å². The van der Waals surface area contributed by atoms with Crippen molar-refractivity contribution in [2.45, 2.75) is 25.9 Å². The van der Waals surface area contributed by atoms with E-state index in [1.54, 1.807) is 25.4 Å². The maximum absolute atomic E-state index is 12.2. The van der Waals surface area contributed by atoms with Gasteiger partial charge in [0.2, 0.25) is 5.91 Å². The Labute approximate surface area is 113 Å². The first-order valence-corrected chi connectivity index (χ1v) is 6.61. The number of nitrogens with two attached hydrogens (primary N) is 1. The molecule has 1 aliphatic rings. The molecular formula is C14H21N3O2. The Kier molecular flexibility index (Phi) is 4.37. The Morgan fingerprint density at radius 3 is 3.00 bits per heavy atom. The first-order chi connectivity index (χ1) is 9.10. The van der Waals surface area contributed by atoms with Gasteiger partial charge in [0.15, 0.2) is 0 Å². The van der Waals surface area contributed by atoms with Crippen LogP contribution >= 0.6 is 0 Å². The topological polar surface area (TPSA) is 68.5 Å². The summed E-state index contributed by atoms with van der Waals surface area (Å²) in [5.41, 5.74) is 6.95. The van der Waals surface area contributed by atoms with Gasteiger partial charge in [-0.15, -0.1) is 0 Å². The highest BCUT2D eigenvalue weighted by molar-refractivity contribution is 5.78. The molecule has 0 spiro atoms. The fourth-order valence-electron chi connectivity index (χ4n) is 2.37. The standard InChI is InChI=1S/C14H21N3O2/c1-10-5-6-17(9-13(10)19-2)14(18)7-12-4-3-11(15)8-16-12/h3-4,8,10,13H,5-7,9,15H2,1-2H3. The molecule has 0 radical (unpaired) electrons. The molecule has 2 N–H and O–H groups in total. The predicted molar refractivity (Wildman–Crippen MR) is 73.5 cm³/mol. The molecule has 0 aliphatic carbocycles. The number of anilines is 1. The van der Waals surface area contributed by atoms with Crippen molar-refractivity contribution in [3.8, 4) is 0 Å². The van der Waals surface area contributed by atoms with Crippen molar-refractivity contribution < 1.29 is 9.53 Å². The van der Waals surface area contributed by atoms with Gasteiger partial charge in [-0.05, 0) is 24.5 Å². The third-order valence-electron chi connectivity index (χ3n) is 3.72. The van der Waals surface area contributed by atoms with Gasteiger partial charge in [0, 0.05) is 25.9 Å². The Morgan fingerprint density at radius 2 is 2.37 bits per heavy atom. The average molecular weight is 263 g/mol. The van der Waals surface area contributed by atoms with Crippen LogP contribution in [0, 0.1) is 5.92 Å². The molecule has 0 bridgehead atoms. The summed E-state index contributed by atoms with van der Waals surface area (Å²) in [5.74, 6) is 0.606. The van der Waals surface area contributed by atoms with Gasteiger partial charge in [-0.1, -0.05) is 6.92 Å². The van der Waals surface area contributed by atoms with Crippen LogP contribution in [0.15, 0.2) is 18.3 Å². The van der Waals surface area contributed by atoms with Crippen molar-refractivity contribution in [1.29, 1.82) is 0 Å². The SMILES string of the molecule is COC1CN(C(=O)Cc2ccc(N)cn2)CCC1C. The normalized spacial score (nSPS) is 23.4. The van der Waals surface area contributed by atoms with Crippen molar-refractivity contribution in [1.82, 2.24) is 9.88 Å². The number of ether oxygens (including phenoxy) is 1. The number of pyridine rings is 1. The van der Waals surface area contributed by atoms with Crippen LogP contribution in [0.25, 0.3) is 0 Å². The molecule has 104 valence electrons. The zero-order chi connectivity index (χ0) is 13.8. The van der Waals surface area contributed by atoms with Crippen LogP contribution in [-0.2, 0) is 16.0 Å². The van der Waals surface area contributed by atoms with Gasteiger partial charge in [0.05, 0.1) is 24.4 Å². The summed E-state index contributed by atoms with van der Waals surface area (Å²) >= 11 is 0. The van der Waals surface area contributed by atoms with Gasteiger partial charge in [-0.3, -0.25) is 9.78 Å². The maximum atomic E-state index is 12.2. The minimum absolute atomic E-state index is 0.103. The van der Waals surface area contributed by atoms with Crippen molar-refractivity contribution in [3.05, 3.63) is 24.0 Å². The number of hydrogen-bond donors (Lipinski definition) is 1. The zero-order valence-corrected chi connectivity index (χ0v) is 11.5. The second-order valence-electron chi connectivity index (χ2n) is 5.14.